The monoisotopic (exact) mass is 381 g/mol. The average molecular weight is 381 g/mol. The number of fused-ring (bicyclic) bond motifs is 1. The Hall–Kier alpha value is -3.28. The molecule has 0 saturated heterocycles. The van der Waals surface area contributed by atoms with Crippen LogP contribution in [0.25, 0.3) is 11.0 Å². The van der Waals surface area contributed by atoms with E-state index in [4.69, 9.17) is 13.9 Å². The van der Waals surface area contributed by atoms with Gasteiger partial charge < -0.3 is 19.2 Å². The fourth-order valence-corrected chi connectivity index (χ4v) is 2.88. The van der Waals surface area contributed by atoms with Gasteiger partial charge in [0.25, 0.3) is 5.91 Å². The highest BCUT2D eigenvalue weighted by atomic mass is 16.5. The van der Waals surface area contributed by atoms with Gasteiger partial charge in [-0.15, -0.1) is 0 Å². The molecule has 0 aliphatic carbocycles. The molecule has 0 aliphatic rings. The van der Waals surface area contributed by atoms with Gasteiger partial charge in [-0.3, -0.25) is 9.59 Å². The predicted octanol–water partition coefficient (Wildman–Crippen LogP) is 4.17. The molecule has 0 saturated carbocycles. The molecule has 2 aromatic carbocycles. The van der Waals surface area contributed by atoms with Crippen LogP contribution in [0.2, 0.25) is 0 Å². The van der Waals surface area contributed by atoms with E-state index in [1.807, 2.05) is 32.9 Å². The molecule has 6 nitrogen and oxygen atoms in total. The molecule has 0 radical (unpaired) electrons. The van der Waals surface area contributed by atoms with Gasteiger partial charge >= 0.3 is 5.97 Å². The third-order valence-corrected chi connectivity index (χ3v) is 4.49. The van der Waals surface area contributed by atoms with Crippen LogP contribution >= 0.6 is 0 Å². The molecule has 28 heavy (non-hydrogen) atoms. The van der Waals surface area contributed by atoms with Gasteiger partial charge in [0.05, 0.1) is 19.3 Å². The lowest BCUT2D eigenvalue weighted by Gasteiger charge is -2.08. The minimum Gasteiger partial charge on any atom is -0.494 e. The number of hydrogen-bond donors (Lipinski definition) is 1. The molecule has 1 amide bonds. The summed E-state index contributed by atoms with van der Waals surface area (Å²) in [6, 6.07) is 10.9. The lowest BCUT2D eigenvalue weighted by Crippen LogP contribution is -2.21. The molecule has 0 atom stereocenters. The number of benzene rings is 2. The van der Waals surface area contributed by atoms with E-state index in [0.29, 0.717) is 12.3 Å². The molecule has 0 spiro atoms. The smallest absolute Gasteiger partial charge is 0.310 e. The van der Waals surface area contributed by atoms with Crippen LogP contribution in [0, 0.1) is 13.8 Å². The third kappa shape index (κ3) is 4.52. The molecule has 3 aromatic rings. The van der Waals surface area contributed by atoms with Crippen molar-refractivity contribution < 1.29 is 23.5 Å². The van der Waals surface area contributed by atoms with Gasteiger partial charge in [0.1, 0.15) is 11.3 Å². The van der Waals surface area contributed by atoms with Crippen molar-refractivity contribution in [1.82, 2.24) is 0 Å². The van der Waals surface area contributed by atoms with Crippen LogP contribution in [0.5, 0.6) is 5.75 Å². The Balaban J connectivity index is 1.53. The Bertz CT molecular complexity index is 988. The first-order valence-electron chi connectivity index (χ1n) is 9.12. The zero-order chi connectivity index (χ0) is 20.1. The standard InChI is InChI=1S/C22H23NO5/c1-4-26-18-8-6-17(7-9-18)23-20(24)13-27-21(25)11-16-12-28-22-15(3)14(2)5-10-19(16)22/h5-10,12H,4,11,13H2,1-3H3,(H,23,24). The van der Waals surface area contributed by atoms with E-state index < -0.39 is 11.9 Å². The Kier molecular flexibility index (Phi) is 5.99. The fraction of sp³-hybridized carbons (Fsp3) is 0.273. The minimum atomic E-state index is -0.484. The Morgan fingerprint density at radius 1 is 1.07 bits per heavy atom. The average Bonchev–Trinajstić information content (AvgIpc) is 3.08. The Labute approximate surface area is 163 Å². The van der Waals surface area contributed by atoms with Crippen molar-refractivity contribution in [2.45, 2.75) is 27.2 Å². The van der Waals surface area contributed by atoms with Gasteiger partial charge in [-0.05, 0) is 56.2 Å². The maximum atomic E-state index is 12.1. The van der Waals surface area contributed by atoms with E-state index in [9.17, 15) is 9.59 Å². The molecule has 0 aliphatic heterocycles. The summed E-state index contributed by atoms with van der Waals surface area (Å²) in [5.41, 5.74) is 4.30. The second-order valence-electron chi connectivity index (χ2n) is 6.49. The van der Waals surface area contributed by atoms with E-state index in [1.165, 1.54) is 0 Å². The van der Waals surface area contributed by atoms with E-state index in [2.05, 4.69) is 5.32 Å². The van der Waals surface area contributed by atoms with Crippen LogP contribution in [0.4, 0.5) is 5.69 Å². The second kappa shape index (κ2) is 8.61. The number of nitrogens with one attached hydrogen (secondary N) is 1. The molecule has 1 N–H and O–H groups in total. The lowest BCUT2D eigenvalue weighted by molar-refractivity contribution is -0.146. The highest BCUT2D eigenvalue weighted by Crippen LogP contribution is 2.26. The van der Waals surface area contributed by atoms with E-state index >= 15 is 0 Å². The molecule has 3 rings (SSSR count). The number of ether oxygens (including phenoxy) is 2. The number of carbonyl (C=O) groups excluding carboxylic acids is 2. The van der Waals surface area contributed by atoms with Crippen molar-refractivity contribution in [3.05, 3.63) is 59.4 Å². The minimum absolute atomic E-state index is 0.0475. The summed E-state index contributed by atoms with van der Waals surface area (Å²) in [4.78, 5) is 24.1. The van der Waals surface area contributed by atoms with Crippen molar-refractivity contribution in [3.63, 3.8) is 0 Å². The molecular formula is C22H23NO5. The van der Waals surface area contributed by atoms with E-state index in [-0.39, 0.29) is 13.0 Å². The normalized spacial score (nSPS) is 10.7. The van der Waals surface area contributed by atoms with Crippen LogP contribution < -0.4 is 10.1 Å². The van der Waals surface area contributed by atoms with Gasteiger partial charge in [0, 0.05) is 16.6 Å². The quantitative estimate of drug-likeness (QED) is 0.622. The summed E-state index contributed by atoms with van der Waals surface area (Å²) < 4.78 is 16.0. The first-order chi connectivity index (χ1) is 13.5. The molecule has 0 bridgehead atoms. The molecule has 0 unspecified atom stereocenters. The van der Waals surface area contributed by atoms with Crippen molar-refractivity contribution in [2.24, 2.45) is 0 Å². The van der Waals surface area contributed by atoms with Crippen LogP contribution in [0.3, 0.4) is 0 Å². The fourth-order valence-electron chi connectivity index (χ4n) is 2.88. The molecule has 146 valence electrons. The molecule has 6 heteroatoms. The van der Waals surface area contributed by atoms with Crippen molar-refractivity contribution >= 4 is 28.5 Å². The summed E-state index contributed by atoms with van der Waals surface area (Å²) in [7, 11) is 0. The van der Waals surface area contributed by atoms with Crippen LogP contribution in [-0.2, 0) is 20.7 Å². The molecule has 1 heterocycles. The third-order valence-electron chi connectivity index (χ3n) is 4.49. The number of carbonyl (C=O) groups is 2. The van der Waals surface area contributed by atoms with E-state index in [1.54, 1.807) is 30.5 Å². The van der Waals surface area contributed by atoms with Crippen LogP contribution in [0.15, 0.2) is 47.1 Å². The lowest BCUT2D eigenvalue weighted by atomic mass is 10.0. The van der Waals surface area contributed by atoms with E-state index in [0.717, 1.165) is 33.4 Å². The van der Waals surface area contributed by atoms with Gasteiger partial charge in [-0.1, -0.05) is 12.1 Å². The van der Waals surface area contributed by atoms with Gasteiger partial charge in [-0.2, -0.15) is 0 Å². The van der Waals surface area contributed by atoms with Crippen LogP contribution in [-0.4, -0.2) is 25.1 Å². The largest absolute Gasteiger partial charge is 0.494 e. The van der Waals surface area contributed by atoms with Gasteiger partial charge in [0.2, 0.25) is 0 Å². The summed E-state index contributed by atoms with van der Waals surface area (Å²) in [6.45, 7) is 6.12. The zero-order valence-corrected chi connectivity index (χ0v) is 16.2. The SMILES string of the molecule is CCOc1ccc(NC(=O)COC(=O)Cc2coc3c(C)c(C)ccc23)cc1. The highest BCUT2D eigenvalue weighted by Gasteiger charge is 2.15. The second-order valence-corrected chi connectivity index (χ2v) is 6.49. The summed E-state index contributed by atoms with van der Waals surface area (Å²) in [5, 5.41) is 3.57. The first-order valence-corrected chi connectivity index (χ1v) is 9.12. The maximum Gasteiger partial charge on any atom is 0.310 e. The number of furan rings is 1. The summed E-state index contributed by atoms with van der Waals surface area (Å²) in [6.07, 6.45) is 1.62. The maximum absolute atomic E-state index is 12.1. The molecule has 0 fully saturated rings. The number of amides is 1. The summed E-state index contributed by atoms with van der Waals surface area (Å²) >= 11 is 0. The van der Waals surface area contributed by atoms with Crippen molar-refractivity contribution in [1.29, 1.82) is 0 Å². The van der Waals surface area contributed by atoms with Gasteiger partial charge in [0.15, 0.2) is 6.61 Å². The zero-order valence-electron chi connectivity index (χ0n) is 16.2. The molecule has 1 aromatic heterocycles. The number of aryl methyl sites for hydroxylation is 2. The van der Waals surface area contributed by atoms with Crippen LogP contribution in [0.1, 0.15) is 23.6 Å². The number of hydrogen-bond acceptors (Lipinski definition) is 5. The number of anilines is 1. The number of esters is 1. The van der Waals surface area contributed by atoms with Crippen molar-refractivity contribution in [3.8, 4) is 5.75 Å². The molecular weight excluding hydrogens is 358 g/mol. The summed E-state index contributed by atoms with van der Waals surface area (Å²) in [5.74, 6) is -0.159. The Morgan fingerprint density at radius 3 is 2.54 bits per heavy atom. The first kappa shape index (κ1) is 19.5. The topological polar surface area (TPSA) is 77.8 Å². The predicted molar refractivity (Wildman–Crippen MR) is 107 cm³/mol. The van der Waals surface area contributed by atoms with Crippen molar-refractivity contribution in [2.75, 3.05) is 18.5 Å². The highest BCUT2D eigenvalue weighted by molar-refractivity contribution is 5.93. The Morgan fingerprint density at radius 2 is 1.82 bits per heavy atom. The van der Waals surface area contributed by atoms with Gasteiger partial charge in [-0.25, -0.2) is 0 Å². The number of rotatable bonds is 7.